The fraction of sp³-hybridized carbons (Fsp3) is 0.455. The van der Waals surface area contributed by atoms with E-state index in [4.69, 9.17) is 20.9 Å². The normalized spacial score (nSPS) is 25.1. The van der Waals surface area contributed by atoms with Gasteiger partial charge in [-0.3, -0.25) is 18.9 Å². The van der Waals surface area contributed by atoms with Crippen LogP contribution in [0.2, 0.25) is 0 Å². The Morgan fingerprint density at radius 3 is 2.82 bits per heavy atom. The third kappa shape index (κ3) is 3.72. The minimum absolute atomic E-state index is 0.0366. The highest BCUT2D eigenvalue weighted by molar-refractivity contribution is 7.46. The van der Waals surface area contributed by atoms with Gasteiger partial charge in [-0.15, -0.1) is 6.42 Å². The lowest BCUT2D eigenvalue weighted by molar-refractivity contribution is -0.0451. The maximum absolute atomic E-state index is 11.7. The Morgan fingerprint density at radius 1 is 1.55 bits per heavy atom. The second kappa shape index (κ2) is 6.18. The lowest BCUT2D eigenvalue weighted by atomic mass is 10.2. The van der Waals surface area contributed by atoms with Crippen molar-refractivity contribution in [2.45, 2.75) is 24.9 Å². The SMILES string of the molecule is C#Cc1cn([C@H]2C[C@H](O)[C@@H](COP(=O)(O)O)O2)c(=O)[nH]c1=O. The van der Waals surface area contributed by atoms with E-state index in [1.165, 1.54) is 0 Å². The molecule has 2 heterocycles. The molecule has 0 amide bonds. The summed E-state index contributed by atoms with van der Waals surface area (Å²) in [5, 5.41) is 9.80. The summed E-state index contributed by atoms with van der Waals surface area (Å²) in [6.07, 6.45) is 3.13. The standard InChI is InChI=1S/C11H13N2O8P/c1-2-6-4-13(11(16)12-10(6)15)9-3-7(14)8(21-9)5-20-22(17,18)19/h1,4,7-9,14H,3,5H2,(H,12,15,16)(H2,17,18,19)/t7-,8+,9+/m0/s1. The first-order chi connectivity index (χ1) is 10.2. The monoisotopic (exact) mass is 332 g/mol. The van der Waals surface area contributed by atoms with Gasteiger partial charge in [0.05, 0.1) is 12.7 Å². The minimum Gasteiger partial charge on any atom is -0.390 e. The third-order valence-corrected chi connectivity index (χ3v) is 3.53. The van der Waals surface area contributed by atoms with Gasteiger partial charge in [-0.1, -0.05) is 5.92 Å². The Kier molecular flexibility index (Phi) is 4.67. The Morgan fingerprint density at radius 2 is 2.23 bits per heavy atom. The molecule has 0 aromatic carbocycles. The summed E-state index contributed by atoms with van der Waals surface area (Å²) in [5.41, 5.74) is -1.59. The zero-order chi connectivity index (χ0) is 16.5. The zero-order valence-electron chi connectivity index (χ0n) is 11.1. The second-order valence-corrected chi connectivity index (χ2v) is 5.81. The lowest BCUT2D eigenvalue weighted by Crippen LogP contribution is -2.33. The van der Waals surface area contributed by atoms with Crippen LogP contribution in [0.4, 0.5) is 0 Å². The van der Waals surface area contributed by atoms with E-state index in [0.717, 1.165) is 10.8 Å². The van der Waals surface area contributed by atoms with E-state index >= 15 is 0 Å². The highest BCUT2D eigenvalue weighted by Crippen LogP contribution is 2.38. The number of nitrogens with one attached hydrogen (secondary N) is 1. The number of aromatic amines is 1. The van der Waals surface area contributed by atoms with Crippen molar-refractivity contribution in [2.75, 3.05) is 6.61 Å². The van der Waals surface area contributed by atoms with Crippen molar-refractivity contribution < 1.29 is 28.7 Å². The van der Waals surface area contributed by atoms with E-state index in [-0.39, 0.29) is 12.0 Å². The van der Waals surface area contributed by atoms with Crippen LogP contribution in [0.5, 0.6) is 0 Å². The third-order valence-electron chi connectivity index (χ3n) is 3.04. The van der Waals surface area contributed by atoms with E-state index in [0.29, 0.717) is 0 Å². The molecule has 0 saturated carbocycles. The zero-order valence-corrected chi connectivity index (χ0v) is 12.0. The molecule has 0 unspecified atom stereocenters. The number of aliphatic hydroxyl groups excluding tert-OH is 1. The van der Waals surface area contributed by atoms with E-state index in [1.54, 1.807) is 0 Å². The predicted octanol–water partition coefficient (Wildman–Crippen LogP) is -1.72. The molecule has 120 valence electrons. The highest BCUT2D eigenvalue weighted by Gasteiger charge is 2.37. The number of aromatic nitrogens is 2. The van der Waals surface area contributed by atoms with Crippen molar-refractivity contribution in [2.24, 2.45) is 0 Å². The van der Waals surface area contributed by atoms with Gasteiger partial charge < -0.3 is 19.6 Å². The van der Waals surface area contributed by atoms with Crippen LogP contribution in [0.15, 0.2) is 15.8 Å². The van der Waals surface area contributed by atoms with Gasteiger partial charge in [-0.2, -0.15) is 0 Å². The number of phosphoric ester groups is 1. The van der Waals surface area contributed by atoms with Crippen LogP contribution in [-0.2, 0) is 13.8 Å². The molecule has 1 aromatic heterocycles. The number of hydrogen-bond acceptors (Lipinski definition) is 6. The van der Waals surface area contributed by atoms with Gasteiger partial charge in [0.25, 0.3) is 5.56 Å². The fourth-order valence-corrected chi connectivity index (χ4v) is 2.35. The molecule has 3 atom stereocenters. The van der Waals surface area contributed by atoms with Crippen LogP contribution in [0, 0.1) is 12.3 Å². The number of phosphoric acid groups is 1. The smallest absolute Gasteiger partial charge is 0.390 e. The number of hydrogen-bond donors (Lipinski definition) is 4. The highest BCUT2D eigenvalue weighted by atomic mass is 31.2. The second-order valence-electron chi connectivity index (χ2n) is 4.57. The molecule has 0 bridgehead atoms. The first-order valence-corrected chi connectivity index (χ1v) is 7.60. The molecule has 1 fully saturated rings. The van der Waals surface area contributed by atoms with Gasteiger partial charge in [-0.05, 0) is 0 Å². The van der Waals surface area contributed by atoms with E-state index in [9.17, 15) is 19.3 Å². The summed E-state index contributed by atoms with van der Waals surface area (Å²) >= 11 is 0. The molecule has 1 saturated heterocycles. The maximum atomic E-state index is 11.7. The number of terminal acetylenes is 1. The largest absolute Gasteiger partial charge is 0.469 e. The summed E-state index contributed by atoms with van der Waals surface area (Å²) < 4.78 is 21.2. The molecule has 22 heavy (non-hydrogen) atoms. The van der Waals surface area contributed by atoms with Crippen molar-refractivity contribution in [3.8, 4) is 12.3 Å². The molecule has 4 N–H and O–H groups in total. The van der Waals surface area contributed by atoms with Crippen LogP contribution in [0.3, 0.4) is 0 Å². The topological polar surface area (TPSA) is 151 Å². The fourth-order valence-electron chi connectivity index (χ4n) is 2.01. The van der Waals surface area contributed by atoms with Gasteiger partial charge in [0.1, 0.15) is 17.9 Å². The summed E-state index contributed by atoms with van der Waals surface area (Å²) in [4.78, 5) is 42.4. The molecule has 0 radical (unpaired) electrons. The van der Waals surface area contributed by atoms with E-state index in [2.05, 4.69) is 10.4 Å². The van der Waals surface area contributed by atoms with Crippen LogP contribution in [0.25, 0.3) is 0 Å². The first-order valence-electron chi connectivity index (χ1n) is 6.07. The lowest BCUT2D eigenvalue weighted by Gasteiger charge is -2.16. The Hall–Kier alpha value is -1.73. The van der Waals surface area contributed by atoms with Crippen LogP contribution < -0.4 is 11.2 Å². The summed E-state index contributed by atoms with van der Waals surface area (Å²) in [6, 6.07) is 0. The number of aliphatic hydroxyl groups is 1. The van der Waals surface area contributed by atoms with Crippen LogP contribution in [0.1, 0.15) is 18.2 Å². The quantitative estimate of drug-likeness (QED) is 0.375. The van der Waals surface area contributed by atoms with Gasteiger partial charge in [-0.25, -0.2) is 9.36 Å². The van der Waals surface area contributed by atoms with Crippen molar-refractivity contribution in [3.05, 3.63) is 32.6 Å². The number of ether oxygens (including phenoxy) is 1. The summed E-state index contributed by atoms with van der Waals surface area (Å²) in [6.45, 7) is -0.554. The van der Waals surface area contributed by atoms with Gasteiger partial charge in [0.2, 0.25) is 0 Å². The Bertz CT molecular complexity index is 757. The summed E-state index contributed by atoms with van der Waals surface area (Å²) in [5.74, 6) is 2.10. The molecule has 1 aliphatic heterocycles. The molecule has 11 heteroatoms. The molecule has 10 nitrogen and oxygen atoms in total. The summed E-state index contributed by atoms with van der Waals surface area (Å²) in [7, 11) is -4.70. The molecule has 1 aliphatic rings. The van der Waals surface area contributed by atoms with E-state index < -0.39 is 44.1 Å². The molecule has 1 aromatic rings. The Labute approximate surface area is 123 Å². The van der Waals surface area contributed by atoms with Crippen molar-refractivity contribution >= 4 is 7.82 Å². The Balaban J connectivity index is 2.19. The predicted molar refractivity (Wildman–Crippen MR) is 71.8 cm³/mol. The number of H-pyrrole nitrogens is 1. The first kappa shape index (κ1) is 16.6. The average Bonchev–Trinajstić information content (AvgIpc) is 2.77. The van der Waals surface area contributed by atoms with Crippen molar-refractivity contribution in [1.82, 2.24) is 9.55 Å². The number of rotatable bonds is 4. The maximum Gasteiger partial charge on any atom is 0.469 e. The molecule has 0 aliphatic carbocycles. The van der Waals surface area contributed by atoms with Crippen LogP contribution in [-0.4, -0.2) is 43.3 Å². The minimum atomic E-state index is -4.70. The van der Waals surface area contributed by atoms with Crippen molar-refractivity contribution in [3.63, 3.8) is 0 Å². The van der Waals surface area contributed by atoms with Gasteiger partial charge >= 0.3 is 13.5 Å². The molecule has 0 spiro atoms. The van der Waals surface area contributed by atoms with Crippen molar-refractivity contribution in [1.29, 1.82) is 0 Å². The van der Waals surface area contributed by atoms with Gasteiger partial charge in [0.15, 0.2) is 0 Å². The van der Waals surface area contributed by atoms with Crippen LogP contribution >= 0.6 is 7.82 Å². The van der Waals surface area contributed by atoms with Gasteiger partial charge in [0, 0.05) is 12.6 Å². The number of nitrogens with zero attached hydrogens (tertiary/aromatic N) is 1. The molecule has 2 rings (SSSR count). The van der Waals surface area contributed by atoms with E-state index in [1.807, 2.05) is 4.98 Å². The molecular weight excluding hydrogens is 319 g/mol. The average molecular weight is 332 g/mol. The molecular formula is C11H13N2O8P.